The van der Waals surface area contributed by atoms with Crippen molar-refractivity contribution in [2.24, 2.45) is 0 Å². The Bertz CT molecular complexity index is 1630. The standard InChI is InChI=1S/C25H20N2.C7H8.2C4H10N.C4H8O.Zr/c1-16-19-12-6-8-14-21(19)26-24(16)23(18-10-4-3-5-11-18)25-17(2)20-13-7-9-15-22(20)27-25;1-7-5-3-2-4-6-7;2*1-3-5-4-2;1-2-4-5-3-1;/h3-15,23H,1-2H3;2-6H,1H3;2*3-4H2,1-2H3;1-4H2;/q-2;;2*-1;;+4. The number of benzene rings is 4. The van der Waals surface area contributed by atoms with Crippen molar-refractivity contribution < 1.29 is 30.9 Å². The fraction of sp³-hybridized carbons (Fsp3) is 0.364. The average Bonchev–Trinajstić information content (AvgIpc) is 3.90. The molecule has 6 aromatic rings. The molecule has 262 valence electrons. The molecule has 1 fully saturated rings. The summed E-state index contributed by atoms with van der Waals surface area (Å²) in [6.07, 6.45) is 2.56. The number of rotatable bonds is 7. The third-order valence-corrected chi connectivity index (χ3v) is 8.21. The zero-order chi connectivity index (χ0) is 35.3. The Kier molecular flexibility index (Phi) is 21.3. The monoisotopic (exact) mass is 746 g/mol. The van der Waals surface area contributed by atoms with E-state index in [2.05, 4.69) is 122 Å². The Balaban J connectivity index is 0.000000306. The molecule has 1 aliphatic heterocycles. The van der Waals surface area contributed by atoms with Gasteiger partial charge in [0, 0.05) is 13.2 Å². The largest absolute Gasteiger partial charge is 4.00 e. The van der Waals surface area contributed by atoms with Gasteiger partial charge < -0.3 is 25.3 Å². The van der Waals surface area contributed by atoms with Crippen LogP contribution in [0.4, 0.5) is 0 Å². The van der Waals surface area contributed by atoms with Gasteiger partial charge in [-0.2, -0.15) is 26.2 Å². The molecule has 50 heavy (non-hydrogen) atoms. The molecule has 0 spiro atoms. The second-order valence-corrected chi connectivity index (χ2v) is 11.8. The first-order chi connectivity index (χ1) is 24.0. The van der Waals surface area contributed by atoms with E-state index in [1.54, 1.807) is 0 Å². The van der Waals surface area contributed by atoms with Gasteiger partial charge in [-0.15, -0.1) is 22.4 Å². The van der Waals surface area contributed by atoms with Gasteiger partial charge in [0.1, 0.15) is 0 Å². The van der Waals surface area contributed by atoms with Crippen LogP contribution >= 0.6 is 0 Å². The molecule has 4 aromatic carbocycles. The van der Waals surface area contributed by atoms with Crippen LogP contribution in [0.5, 0.6) is 0 Å². The van der Waals surface area contributed by atoms with Crippen LogP contribution < -0.4 is 9.97 Å². The predicted octanol–water partition coefficient (Wildman–Crippen LogP) is 11.3. The maximum absolute atomic E-state index is 5.04. The molecule has 0 atom stereocenters. The normalized spacial score (nSPS) is 11.6. The molecule has 1 aliphatic rings. The van der Waals surface area contributed by atoms with Gasteiger partial charge in [-0.3, -0.25) is 0 Å². The van der Waals surface area contributed by atoms with Crippen molar-refractivity contribution in [3.05, 3.63) is 153 Å². The van der Waals surface area contributed by atoms with Crippen LogP contribution in [0.3, 0.4) is 0 Å². The summed E-state index contributed by atoms with van der Waals surface area (Å²) < 4.78 is 4.94. The summed E-state index contributed by atoms with van der Waals surface area (Å²) in [6.45, 7) is 20.5. The zero-order valence-electron chi connectivity index (χ0n) is 31.3. The van der Waals surface area contributed by atoms with Gasteiger partial charge in [0.25, 0.3) is 0 Å². The summed E-state index contributed by atoms with van der Waals surface area (Å²) in [4.78, 5) is 10.1. The molecular formula is C44H56N4OZr. The van der Waals surface area contributed by atoms with E-state index in [0.29, 0.717) is 0 Å². The predicted molar refractivity (Wildman–Crippen MR) is 212 cm³/mol. The van der Waals surface area contributed by atoms with Crippen molar-refractivity contribution in [3.63, 3.8) is 0 Å². The summed E-state index contributed by atoms with van der Waals surface area (Å²) in [5, 5.41) is 10.4. The number of hydrogen-bond donors (Lipinski definition) is 0. The number of ether oxygens (including phenoxy) is 1. The van der Waals surface area contributed by atoms with E-state index in [1.807, 2.05) is 45.9 Å². The molecule has 2 aromatic heterocycles. The van der Waals surface area contributed by atoms with E-state index in [9.17, 15) is 0 Å². The topological polar surface area (TPSA) is 65.6 Å². The van der Waals surface area contributed by atoms with Gasteiger partial charge in [0.2, 0.25) is 0 Å². The van der Waals surface area contributed by atoms with E-state index < -0.39 is 0 Å². The van der Waals surface area contributed by atoms with Crippen LogP contribution in [-0.2, 0) is 30.9 Å². The van der Waals surface area contributed by atoms with E-state index in [1.165, 1.54) is 45.9 Å². The molecule has 5 nitrogen and oxygen atoms in total. The molecule has 7 rings (SSSR count). The summed E-state index contributed by atoms with van der Waals surface area (Å²) >= 11 is 0. The van der Waals surface area contributed by atoms with Crippen LogP contribution in [0.2, 0.25) is 0 Å². The molecule has 0 saturated carbocycles. The fourth-order valence-corrected chi connectivity index (χ4v) is 5.62. The van der Waals surface area contributed by atoms with Crippen LogP contribution in [0.15, 0.2) is 109 Å². The van der Waals surface area contributed by atoms with Crippen LogP contribution in [0.25, 0.3) is 32.4 Å². The molecule has 0 amide bonds. The molecule has 1 saturated heterocycles. The van der Waals surface area contributed by atoms with Crippen molar-refractivity contribution in [1.82, 2.24) is 9.97 Å². The Morgan fingerprint density at radius 2 is 0.920 bits per heavy atom. The molecule has 0 aliphatic carbocycles. The van der Waals surface area contributed by atoms with Gasteiger partial charge in [0.15, 0.2) is 0 Å². The first-order valence-electron chi connectivity index (χ1n) is 17.9. The maximum atomic E-state index is 5.04. The number of aryl methyl sites for hydroxylation is 3. The first kappa shape index (κ1) is 42.9. The number of para-hydroxylation sites is 2. The van der Waals surface area contributed by atoms with Crippen molar-refractivity contribution >= 4 is 21.8 Å². The van der Waals surface area contributed by atoms with Gasteiger partial charge in [-0.05, 0) is 55.9 Å². The Morgan fingerprint density at radius 1 is 0.540 bits per heavy atom. The minimum absolute atomic E-state index is 0. The quantitative estimate of drug-likeness (QED) is 0.163. The third-order valence-electron chi connectivity index (χ3n) is 8.21. The van der Waals surface area contributed by atoms with Gasteiger partial charge >= 0.3 is 26.2 Å². The van der Waals surface area contributed by atoms with Gasteiger partial charge in [-0.25, -0.2) is 0 Å². The second kappa shape index (κ2) is 24.8. The van der Waals surface area contributed by atoms with Crippen LogP contribution in [0.1, 0.15) is 80.1 Å². The molecule has 0 unspecified atom stereocenters. The van der Waals surface area contributed by atoms with Gasteiger partial charge in [0.05, 0.1) is 0 Å². The fourth-order valence-electron chi connectivity index (χ4n) is 5.62. The Hall–Kier alpha value is -3.28. The van der Waals surface area contributed by atoms with Crippen molar-refractivity contribution in [2.45, 2.75) is 67.2 Å². The average molecular weight is 748 g/mol. The van der Waals surface area contributed by atoms with Crippen molar-refractivity contribution in [1.29, 1.82) is 0 Å². The van der Waals surface area contributed by atoms with Crippen molar-refractivity contribution in [3.8, 4) is 0 Å². The summed E-state index contributed by atoms with van der Waals surface area (Å²) in [5.41, 5.74) is 9.36. The SMILES string of the molecule is C1CCOC1.CC[N-]CC.CC[N-]CC.Cc1c(C(c2ccccc2)c2[n-]c3ccccc3c2C)[n-]c2ccccc12.Cc1ccccc1.[Zr+4]. The molecule has 3 heterocycles. The van der Waals surface area contributed by atoms with E-state index in [-0.39, 0.29) is 32.1 Å². The first-order valence-corrected chi connectivity index (χ1v) is 17.9. The third kappa shape index (κ3) is 13.5. The van der Waals surface area contributed by atoms with E-state index in [0.717, 1.165) is 61.8 Å². The molecule has 0 radical (unpaired) electrons. The smallest absolute Gasteiger partial charge is 0.663 e. The zero-order valence-corrected chi connectivity index (χ0v) is 33.8. The number of nitrogens with zero attached hydrogens (tertiary/aromatic N) is 4. The Labute approximate surface area is 321 Å². The molecular weight excluding hydrogens is 692 g/mol. The number of hydrogen-bond acceptors (Lipinski definition) is 1. The van der Waals surface area contributed by atoms with E-state index >= 15 is 0 Å². The Morgan fingerprint density at radius 3 is 1.22 bits per heavy atom. The minimum atomic E-state index is 0. The number of fused-ring (bicyclic) bond motifs is 2. The summed E-state index contributed by atoms with van der Waals surface area (Å²) in [6, 6.07) is 37.6. The second-order valence-electron chi connectivity index (χ2n) is 11.8. The summed E-state index contributed by atoms with van der Waals surface area (Å²) in [5.74, 6) is 0.0333. The van der Waals surface area contributed by atoms with Crippen LogP contribution in [0, 0.1) is 20.8 Å². The molecule has 0 bridgehead atoms. The van der Waals surface area contributed by atoms with Crippen LogP contribution in [-0.4, -0.2) is 39.4 Å². The van der Waals surface area contributed by atoms with E-state index in [4.69, 9.17) is 14.7 Å². The minimum Gasteiger partial charge on any atom is -0.663 e. The molecule has 6 heteroatoms. The molecule has 0 N–H and O–H groups in total. The summed E-state index contributed by atoms with van der Waals surface area (Å²) in [7, 11) is 0. The number of aromatic nitrogens is 2. The van der Waals surface area contributed by atoms with Gasteiger partial charge in [-0.1, -0.05) is 154 Å². The van der Waals surface area contributed by atoms with Crippen molar-refractivity contribution in [2.75, 3.05) is 39.4 Å². The maximum Gasteiger partial charge on any atom is 4.00 e.